The van der Waals surface area contributed by atoms with Crippen LogP contribution in [0.15, 0.2) is 16.7 Å². The van der Waals surface area contributed by atoms with Crippen molar-refractivity contribution in [3.63, 3.8) is 0 Å². The van der Waals surface area contributed by atoms with Crippen LogP contribution in [-0.4, -0.2) is 10.1 Å². The van der Waals surface area contributed by atoms with Gasteiger partial charge in [0, 0.05) is 5.41 Å². The molecule has 3 nitrogen and oxygen atoms in total. The van der Waals surface area contributed by atoms with Crippen molar-refractivity contribution in [3.8, 4) is 11.4 Å². The van der Waals surface area contributed by atoms with Crippen molar-refractivity contribution < 1.29 is 17.7 Å². The Kier molecular flexibility index (Phi) is 3.97. The number of rotatable bonds is 1. The molecule has 0 fully saturated rings. The molecule has 0 saturated heterocycles. The van der Waals surface area contributed by atoms with Crippen LogP contribution < -0.4 is 0 Å². The van der Waals surface area contributed by atoms with Gasteiger partial charge in [-0.3, -0.25) is 0 Å². The van der Waals surface area contributed by atoms with E-state index in [-0.39, 0.29) is 21.4 Å². The summed E-state index contributed by atoms with van der Waals surface area (Å²) in [6, 6.07) is 1.58. The number of hydrogen-bond donors (Lipinski definition) is 0. The molecule has 0 atom stereocenters. The van der Waals surface area contributed by atoms with Crippen molar-refractivity contribution >= 4 is 23.2 Å². The highest BCUT2D eigenvalue weighted by molar-refractivity contribution is 6.39. The molecule has 114 valence electrons. The molecule has 1 aromatic carbocycles. The molecule has 1 aromatic heterocycles. The molecule has 0 spiro atoms. The topological polar surface area (TPSA) is 38.9 Å². The molecule has 0 amide bonds. The molecule has 21 heavy (non-hydrogen) atoms. The lowest BCUT2D eigenvalue weighted by atomic mass is 9.97. The zero-order valence-corrected chi connectivity index (χ0v) is 12.9. The summed E-state index contributed by atoms with van der Waals surface area (Å²) in [6.45, 7) is 5.58. The summed E-state index contributed by atoms with van der Waals surface area (Å²) in [5.74, 6) is 0.396. The molecule has 0 saturated carbocycles. The van der Waals surface area contributed by atoms with Gasteiger partial charge in [-0.15, -0.1) is 0 Å². The highest BCUT2D eigenvalue weighted by Gasteiger charge is 2.33. The van der Waals surface area contributed by atoms with Gasteiger partial charge in [-0.2, -0.15) is 18.2 Å². The molecule has 2 rings (SSSR count). The summed E-state index contributed by atoms with van der Waals surface area (Å²) >= 11 is 11.8. The lowest BCUT2D eigenvalue weighted by Gasteiger charge is -2.11. The first-order valence-electron chi connectivity index (χ1n) is 5.91. The maximum absolute atomic E-state index is 12.7. The van der Waals surface area contributed by atoms with Crippen molar-refractivity contribution in [2.24, 2.45) is 0 Å². The lowest BCUT2D eigenvalue weighted by molar-refractivity contribution is -0.137. The Balaban J connectivity index is 2.53. The Morgan fingerprint density at radius 3 is 1.95 bits per heavy atom. The van der Waals surface area contributed by atoms with Gasteiger partial charge in [0.05, 0.1) is 21.2 Å². The van der Waals surface area contributed by atoms with Crippen LogP contribution in [-0.2, 0) is 11.6 Å². The lowest BCUT2D eigenvalue weighted by Crippen LogP contribution is -2.11. The number of hydrogen-bond acceptors (Lipinski definition) is 3. The minimum Gasteiger partial charge on any atom is -0.338 e. The van der Waals surface area contributed by atoms with E-state index in [1.165, 1.54) is 0 Å². The summed E-state index contributed by atoms with van der Waals surface area (Å²) in [5.41, 5.74) is -1.21. The van der Waals surface area contributed by atoms with E-state index in [1.54, 1.807) is 0 Å². The Hall–Kier alpha value is -1.27. The second-order valence-electron chi connectivity index (χ2n) is 5.49. The smallest absolute Gasteiger partial charge is 0.338 e. The molecule has 0 radical (unpaired) electrons. The van der Waals surface area contributed by atoms with Crippen molar-refractivity contribution in [1.29, 1.82) is 0 Å². The highest BCUT2D eigenvalue weighted by atomic mass is 35.5. The van der Waals surface area contributed by atoms with Gasteiger partial charge in [-0.05, 0) is 12.1 Å². The Morgan fingerprint density at radius 1 is 1.05 bits per heavy atom. The molecule has 0 bridgehead atoms. The van der Waals surface area contributed by atoms with Crippen molar-refractivity contribution in [2.45, 2.75) is 32.4 Å². The molecule has 0 aliphatic carbocycles. The second-order valence-corrected chi connectivity index (χ2v) is 6.30. The molecule has 0 aliphatic heterocycles. The Bertz CT molecular complexity index is 652. The summed E-state index contributed by atoms with van der Waals surface area (Å²) in [5, 5.41) is 3.36. The third-order valence-corrected chi connectivity index (χ3v) is 3.26. The maximum Gasteiger partial charge on any atom is 0.416 e. The van der Waals surface area contributed by atoms with Gasteiger partial charge in [0.1, 0.15) is 0 Å². The van der Waals surface area contributed by atoms with E-state index < -0.39 is 17.2 Å². The number of nitrogens with zero attached hydrogens (tertiary/aromatic N) is 2. The summed E-state index contributed by atoms with van der Waals surface area (Å²) in [6.07, 6.45) is -4.53. The second kappa shape index (κ2) is 5.18. The SMILES string of the molecule is CC(C)(C)c1nc(-c2c(Cl)cc(C(F)(F)F)cc2Cl)no1. The monoisotopic (exact) mass is 338 g/mol. The largest absolute Gasteiger partial charge is 0.416 e. The van der Waals surface area contributed by atoms with E-state index in [0.717, 1.165) is 12.1 Å². The zero-order valence-electron chi connectivity index (χ0n) is 11.3. The standard InChI is InChI=1S/C13H11Cl2F3N2O/c1-12(2,3)11-19-10(20-21-11)9-7(14)4-6(5-8(9)15)13(16,17)18/h4-5H,1-3H3. The van der Waals surface area contributed by atoms with Crippen LogP contribution in [0.1, 0.15) is 32.2 Å². The van der Waals surface area contributed by atoms with E-state index in [4.69, 9.17) is 27.7 Å². The fourth-order valence-electron chi connectivity index (χ4n) is 1.58. The minimum absolute atomic E-state index is 0.0589. The van der Waals surface area contributed by atoms with E-state index in [0.29, 0.717) is 5.89 Å². The number of benzene rings is 1. The summed E-state index contributed by atoms with van der Waals surface area (Å²) < 4.78 is 43.1. The first-order chi connectivity index (χ1) is 9.50. The van der Waals surface area contributed by atoms with Gasteiger partial charge >= 0.3 is 6.18 Å². The Labute approximate surface area is 129 Å². The third-order valence-electron chi connectivity index (χ3n) is 2.66. The number of halogens is 5. The van der Waals surface area contributed by atoms with E-state index >= 15 is 0 Å². The normalized spacial score (nSPS) is 12.8. The van der Waals surface area contributed by atoms with Gasteiger partial charge in [0.25, 0.3) is 0 Å². The van der Waals surface area contributed by atoms with Gasteiger partial charge in [0.2, 0.25) is 11.7 Å². The van der Waals surface area contributed by atoms with Crippen molar-refractivity contribution in [3.05, 3.63) is 33.6 Å². The molecule has 1 heterocycles. The predicted molar refractivity (Wildman–Crippen MR) is 73.5 cm³/mol. The third kappa shape index (κ3) is 3.32. The molecular weight excluding hydrogens is 328 g/mol. The van der Waals surface area contributed by atoms with Gasteiger partial charge in [-0.1, -0.05) is 49.1 Å². The summed E-state index contributed by atoms with van der Waals surface area (Å²) in [4.78, 5) is 4.14. The fourth-order valence-corrected chi connectivity index (χ4v) is 2.24. The van der Waals surface area contributed by atoms with Crippen molar-refractivity contribution in [2.75, 3.05) is 0 Å². The van der Waals surface area contributed by atoms with Gasteiger partial charge in [0.15, 0.2) is 0 Å². The molecule has 0 aliphatic rings. The van der Waals surface area contributed by atoms with E-state index in [1.807, 2.05) is 20.8 Å². The van der Waals surface area contributed by atoms with Gasteiger partial charge in [-0.25, -0.2) is 0 Å². The predicted octanol–water partition coefficient (Wildman–Crippen LogP) is 5.36. The summed E-state index contributed by atoms with van der Waals surface area (Å²) in [7, 11) is 0. The fraction of sp³-hybridized carbons (Fsp3) is 0.385. The minimum atomic E-state index is -4.53. The van der Waals surface area contributed by atoms with Crippen LogP contribution in [0.25, 0.3) is 11.4 Å². The van der Waals surface area contributed by atoms with Crippen LogP contribution in [0.5, 0.6) is 0 Å². The van der Waals surface area contributed by atoms with Crippen LogP contribution in [0, 0.1) is 0 Å². The van der Waals surface area contributed by atoms with E-state index in [2.05, 4.69) is 10.1 Å². The van der Waals surface area contributed by atoms with Gasteiger partial charge < -0.3 is 4.52 Å². The highest BCUT2D eigenvalue weighted by Crippen LogP contribution is 2.40. The number of aromatic nitrogens is 2. The molecule has 0 N–H and O–H groups in total. The van der Waals surface area contributed by atoms with Crippen LogP contribution >= 0.6 is 23.2 Å². The Morgan fingerprint density at radius 2 is 1.57 bits per heavy atom. The molecular formula is C13H11Cl2F3N2O. The zero-order chi connectivity index (χ0) is 16.0. The quantitative estimate of drug-likeness (QED) is 0.702. The average molecular weight is 339 g/mol. The van der Waals surface area contributed by atoms with Crippen molar-refractivity contribution in [1.82, 2.24) is 10.1 Å². The molecule has 8 heteroatoms. The van der Waals surface area contributed by atoms with Crippen LogP contribution in [0.2, 0.25) is 10.0 Å². The molecule has 2 aromatic rings. The number of alkyl halides is 3. The maximum atomic E-state index is 12.7. The van der Waals surface area contributed by atoms with E-state index in [9.17, 15) is 13.2 Å². The average Bonchev–Trinajstić information content (AvgIpc) is 2.75. The first-order valence-corrected chi connectivity index (χ1v) is 6.66. The molecule has 0 unspecified atom stereocenters. The van der Waals surface area contributed by atoms with Crippen LogP contribution in [0.3, 0.4) is 0 Å². The van der Waals surface area contributed by atoms with Crippen LogP contribution in [0.4, 0.5) is 13.2 Å². The first kappa shape index (κ1) is 16.1.